The summed E-state index contributed by atoms with van der Waals surface area (Å²) in [4.78, 5) is 22.4. The highest BCUT2D eigenvalue weighted by atomic mass is 16.6. The van der Waals surface area contributed by atoms with Crippen LogP contribution in [0.2, 0.25) is 0 Å². The summed E-state index contributed by atoms with van der Waals surface area (Å²) in [5.74, 6) is -1.44. The zero-order valence-corrected chi connectivity index (χ0v) is 15.7. The Labute approximate surface area is 154 Å². The maximum Gasteiger partial charge on any atom is 0.338 e. The van der Waals surface area contributed by atoms with Crippen LogP contribution in [0.1, 0.15) is 55.5 Å². The fraction of sp³-hybridized carbons (Fsp3) is 0.579. The number of aliphatic hydroxyl groups excluding tert-OH is 2. The number of esters is 1. The molecule has 0 bridgehead atoms. The zero-order chi connectivity index (χ0) is 19.8. The first-order valence-electron chi connectivity index (χ1n) is 8.78. The van der Waals surface area contributed by atoms with Gasteiger partial charge in [-0.1, -0.05) is 31.5 Å². The molecule has 0 saturated heterocycles. The van der Waals surface area contributed by atoms with Crippen molar-refractivity contribution in [3.63, 3.8) is 0 Å². The van der Waals surface area contributed by atoms with Crippen LogP contribution in [0.5, 0.6) is 0 Å². The normalized spacial score (nSPS) is 12.3. The molecule has 2 atom stereocenters. The molecule has 2 N–H and O–H groups in total. The predicted molar refractivity (Wildman–Crippen MR) is 96.8 cm³/mol. The molecule has 0 radical (unpaired) electrons. The van der Waals surface area contributed by atoms with E-state index in [9.17, 15) is 19.8 Å². The average molecular weight is 370 g/mol. The number of carbonyl (C=O) groups excluding carboxylic acids is 2. The van der Waals surface area contributed by atoms with Gasteiger partial charge in [-0.15, -0.1) is 0 Å². The molecular formula is C19H30O7. The Balaban J connectivity index is 0.00000110. The number of ether oxygens (including phenoxy) is 3. The maximum atomic E-state index is 12.0. The highest BCUT2D eigenvalue weighted by molar-refractivity contribution is 5.91. The molecule has 0 fully saturated rings. The van der Waals surface area contributed by atoms with Crippen molar-refractivity contribution >= 4 is 12.4 Å². The molecule has 0 aliphatic carbocycles. The molecule has 7 heteroatoms. The molecule has 1 rings (SSSR count). The lowest BCUT2D eigenvalue weighted by Crippen LogP contribution is -2.26. The smallest absolute Gasteiger partial charge is 0.338 e. The summed E-state index contributed by atoms with van der Waals surface area (Å²) in [5.41, 5.74) is 0.608. The molecule has 0 spiro atoms. The summed E-state index contributed by atoms with van der Waals surface area (Å²) < 4.78 is 14.4. The van der Waals surface area contributed by atoms with E-state index in [-0.39, 0.29) is 12.0 Å². The van der Waals surface area contributed by atoms with Gasteiger partial charge < -0.3 is 24.4 Å². The third-order valence-corrected chi connectivity index (χ3v) is 3.46. The summed E-state index contributed by atoms with van der Waals surface area (Å²) in [6.45, 7) is 7.57. The molecule has 1 aromatic carbocycles. The van der Waals surface area contributed by atoms with Gasteiger partial charge in [0.15, 0.2) is 0 Å². The first kappa shape index (κ1) is 24.0. The Morgan fingerprint density at radius 3 is 2.35 bits per heavy atom. The largest absolute Gasteiger partial charge is 0.462 e. The SMILES string of the molecule is CCCCOC(=O)c1ccccc1C(CO)C(O)OC=O.CCOCC. The van der Waals surface area contributed by atoms with Gasteiger partial charge in [0.1, 0.15) is 0 Å². The van der Waals surface area contributed by atoms with Gasteiger partial charge in [-0.3, -0.25) is 4.79 Å². The summed E-state index contributed by atoms with van der Waals surface area (Å²) in [6.07, 6.45) is 0.131. The van der Waals surface area contributed by atoms with Crippen LogP contribution in [0.3, 0.4) is 0 Å². The number of unbranched alkanes of at least 4 members (excludes halogenated alkanes) is 1. The van der Waals surface area contributed by atoms with Crippen LogP contribution in [0, 0.1) is 0 Å². The number of rotatable bonds is 11. The summed E-state index contributed by atoms with van der Waals surface area (Å²) in [7, 11) is 0. The number of hydrogen-bond donors (Lipinski definition) is 2. The molecule has 0 aliphatic heterocycles. The van der Waals surface area contributed by atoms with Crippen molar-refractivity contribution in [3.05, 3.63) is 35.4 Å². The van der Waals surface area contributed by atoms with Gasteiger partial charge in [-0.05, 0) is 31.9 Å². The van der Waals surface area contributed by atoms with E-state index in [4.69, 9.17) is 9.47 Å². The van der Waals surface area contributed by atoms with Gasteiger partial charge in [0.05, 0.1) is 24.7 Å². The van der Waals surface area contributed by atoms with E-state index in [1.807, 2.05) is 20.8 Å². The second-order valence-electron chi connectivity index (χ2n) is 5.27. The Kier molecular flexibility index (Phi) is 14.2. The Bertz CT molecular complexity index is 502. The van der Waals surface area contributed by atoms with Crippen molar-refractivity contribution in [1.29, 1.82) is 0 Å². The fourth-order valence-corrected chi connectivity index (χ4v) is 2.09. The quantitative estimate of drug-likeness (QED) is 0.266. The van der Waals surface area contributed by atoms with Gasteiger partial charge in [0.2, 0.25) is 6.29 Å². The van der Waals surface area contributed by atoms with E-state index in [1.165, 1.54) is 0 Å². The van der Waals surface area contributed by atoms with Crippen LogP contribution in [0.25, 0.3) is 0 Å². The van der Waals surface area contributed by atoms with Gasteiger partial charge >= 0.3 is 5.97 Å². The van der Waals surface area contributed by atoms with Gasteiger partial charge in [0, 0.05) is 13.2 Å². The fourth-order valence-electron chi connectivity index (χ4n) is 2.09. The van der Waals surface area contributed by atoms with E-state index in [0.717, 1.165) is 26.1 Å². The zero-order valence-electron chi connectivity index (χ0n) is 15.7. The lowest BCUT2D eigenvalue weighted by Gasteiger charge is -2.21. The van der Waals surface area contributed by atoms with Crippen LogP contribution >= 0.6 is 0 Å². The Morgan fingerprint density at radius 1 is 1.19 bits per heavy atom. The van der Waals surface area contributed by atoms with Gasteiger partial charge in [-0.25, -0.2) is 4.79 Å². The molecule has 0 amide bonds. The van der Waals surface area contributed by atoms with Gasteiger partial charge in [-0.2, -0.15) is 0 Å². The van der Waals surface area contributed by atoms with Crippen molar-refractivity contribution in [3.8, 4) is 0 Å². The van der Waals surface area contributed by atoms with Crippen molar-refractivity contribution < 1.29 is 34.0 Å². The van der Waals surface area contributed by atoms with E-state index < -0.39 is 24.8 Å². The highest BCUT2D eigenvalue weighted by Crippen LogP contribution is 2.24. The van der Waals surface area contributed by atoms with E-state index in [0.29, 0.717) is 12.2 Å². The standard InChI is InChI=1S/C15H20O6.C4H10O/c1-2-3-8-20-14(18)12-7-5-4-6-11(12)13(9-16)15(19)21-10-17;1-3-5-4-2/h4-7,10,13,15-16,19H,2-3,8-9H2,1H3;3-4H2,1-2H3. The van der Waals surface area contributed by atoms with E-state index >= 15 is 0 Å². The predicted octanol–water partition coefficient (Wildman–Crippen LogP) is 2.25. The molecule has 148 valence electrons. The molecule has 0 aliphatic rings. The van der Waals surface area contributed by atoms with Crippen LogP contribution in [-0.4, -0.2) is 55.4 Å². The van der Waals surface area contributed by atoms with Gasteiger partial charge in [0.25, 0.3) is 6.47 Å². The molecule has 2 unspecified atom stereocenters. The summed E-state index contributed by atoms with van der Waals surface area (Å²) in [5, 5.41) is 19.1. The van der Waals surface area contributed by atoms with Crippen molar-refractivity contribution in [2.45, 2.75) is 45.8 Å². The minimum Gasteiger partial charge on any atom is -0.462 e. The Hall–Kier alpha value is -1.96. The minimum absolute atomic E-state index is 0.0928. The molecule has 0 heterocycles. The minimum atomic E-state index is -1.53. The molecule has 26 heavy (non-hydrogen) atoms. The first-order chi connectivity index (χ1) is 12.6. The van der Waals surface area contributed by atoms with Crippen molar-refractivity contribution in [2.24, 2.45) is 0 Å². The lowest BCUT2D eigenvalue weighted by atomic mass is 9.94. The van der Waals surface area contributed by atoms with E-state index in [1.54, 1.807) is 24.3 Å². The van der Waals surface area contributed by atoms with Crippen LogP contribution in [-0.2, 0) is 19.0 Å². The van der Waals surface area contributed by atoms with Crippen LogP contribution in [0.15, 0.2) is 24.3 Å². The second-order valence-corrected chi connectivity index (χ2v) is 5.27. The molecule has 0 aromatic heterocycles. The Morgan fingerprint density at radius 2 is 1.85 bits per heavy atom. The maximum absolute atomic E-state index is 12.0. The third-order valence-electron chi connectivity index (χ3n) is 3.46. The first-order valence-corrected chi connectivity index (χ1v) is 8.78. The average Bonchev–Trinajstić information content (AvgIpc) is 2.64. The molecule has 0 saturated carbocycles. The van der Waals surface area contributed by atoms with Crippen LogP contribution < -0.4 is 0 Å². The number of hydrogen-bond acceptors (Lipinski definition) is 7. The van der Waals surface area contributed by atoms with Crippen molar-refractivity contribution in [1.82, 2.24) is 0 Å². The molecule has 7 nitrogen and oxygen atoms in total. The molecular weight excluding hydrogens is 340 g/mol. The monoisotopic (exact) mass is 370 g/mol. The summed E-state index contributed by atoms with van der Waals surface area (Å²) >= 11 is 0. The van der Waals surface area contributed by atoms with E-state index in [2.05, 4.69) is 4.74 Å². The van der Waals surface area contributed by atoms with Crippen LogP contribution in [0.4, 0.5) is 0 Å². The second kappa shape index (κ2) is 15.3. The molecule has 1 aromatic rings. The number of aliphatic hydroxyl groups is 2. The van der Waals surface area contributed by atoms with Crippen molar-refractivity contribution in [2.75, 3.05) is 26.4 Å². The highest BCUT2D eigenvalue weighted by Gasteiger charge is 2.26. The lowest BCUT2D eigenvalue weighted by molar-refractivity contribution is -0.157. The summed E-state index contributed by atoms with van der Waals surface area (Å²) in [6, 6.07) is 6.43. The number of benzene rings is 1. The third kappa shape index (κ3) is 8.94. The number of carbonyl (C=O) groups is 2. The topological polar surface area (TPSA) is 102 Å².